The van der Waals surface area contributed by atoms with Gasteiger partial charge in [-0.15, -0.1) is 0 Å². The van der Waals surface area contributed by atoms with Gasteiger partial charge >= 0.3 is 6.18 Å². The maximum Gasteiger partial charge on any atom is 0.416 e. The van der Waals surface area contributed by atoms with Gasteiger partial charge in [-0.3, -0.25) is 4.90 Å². The topological polar surface area (TPSA) is 15.3 Å². The fourth-order valence-electron chi connectivity index (χ4n) is 4.01. The largest absolute Gasteiger partial charge is 0.416 e. The highest BCUT2D eigenvalue weighted by Gasteiger charge is 2.40. The lowest BCUT2D eigenvalue weighted by Gasteiger charge is -2.39. The van der Waals surface area contributed by atoms with Crippen molar-refractivity contribution in [3.05, 3.63) is 34.3 Å². The molecule has 6 heteroatoms. The molecule has 1 aromatic carbocycles. The standard InChI is InChI=1S/C17H22ClF3N2/c18-13-5-6-14(15(11-13)17(19,20)21)16(12-3-1-2-4-12)23-9-7-22-8-10-23/h5-6,11-12,16,22H,1-4,7-10H2/t16-/m0/s1. The van der Waals surface area contributed by atoms with Crippen LogP contribution in [0.1, 0.15) is 42.9 Å². The van der Waals surface area contributed by atoms with E-state index in [2.05, 4.69) is 10.2 Å². The summed E-state index contributed by atoms with van der Waals surface area (Å²) in [6, 6.07) is 4.11. The van der Waals surface area contributed by atoms with Crippen molar-refractivity contribution < 1.29 is 13.2 Å². The molecule has 3 rings (SSSR count). The smallest absolute Gasteiger partial charge is 0.314 e. The van der Waals surface area contributed by atoms with E-state index < -0.39 is 11.7 Å². The fraction of sp³-hybridized carbons (Fsp3) is 0.647. The minimum absolute atomic E-state index is 0.145. The Morgan fingerprint density at radius 2 is 1.78 bits per heavy atom. The third-order valence-electron chi connectivity index (χ3n) is 5.03. The quantitative estimate of drug-likeness (QED) is 0.867. The van der Waals surface area contributed by atoms with Crippen LogP contribution in [-0.4, -0.2) is 31.1 Å². The van der Waals surface area contributed by atoms with Gasteiger partial charge in [-0.05, 0) is 36.5 Å². The first-order valence-electron chi connectivity index (χ1n) is 8.28. The zero-order valence-corrected chi connectivity index (χ0v) is 13.8. The van der Waals surface area contributed by atoms with E-state index in [0.29, 0.717) is 11.5 Å². The van der Waals surface area contributed by atoms with Gasteiger partial charge in [0, 0.05) is 37.2 Å². The maximum atomic E-state index is 13.6. The van der Waals surface area contributed by atoms with Crippen LogP contribution in [0.25, 0.3) is 0 Å². The summed E-state index contributed by atoms with van der Waals surface area (Å²) < 4.78 is 40.7. The monoisotopic (exact) mass is 346 g/mol. The Labute approximate surface area is 140 Å². The van der Waals surface area contributed by atoms with Gasteiger partial charge in [0.05, 0.1) is 5.56 Å². The van der Waals surface area contributed by atoms with E-state index in [1.54, 1.807) is 12.1 Å². The van der Waals surface area contributed by atoms with Crippen LogP contribution in [0.3, 0.4) is 0 Å². The van der Waals surface area contributed by atoms with Crippen LogP contribution in [-0.2, 0) is 6.18 Å². The molecule has 1 aromatic rings. The number of nitrogens with zero attached hydrogens (tertiary/aromatic N) is 1. The number of nitrogens with one attached hydrogen (secondary N) is 1. The molecule has 0 aromatic heterocycles. The van der Waals surface area contributed by atoms with Gasteiger partial charge < -0.3 is 5.32 Å². The van der Waals surface area contributed by atoms with Crippen LogP contribution in [0.5, 0.6) is 0 Å². The maximum absolute atomic E-state index is 13.6. The van der Waals surface area contributed by atoms with E-state index in [9.17, 15) is 13.2 Å². The molecule has 0 bridgehead atoms. The first kappa shape index (κ1) is 17.1. The molecule has 0 radical (unpaired) electrons. The highest BCUT2D eigenvalue weighted by atomic mass is 35.5. The van der Waals surface area contributed by atoms with Gasteiger partial charge in [0.2, 0.25) is 0 Å². The number of alkyl halides is 3. The number of benzene rings is 1. The number of rotatable bonds is 3. The molecule has 1 saturated heterocycles. The van der Waals surface area contributed by atoms with Crippen LogP contribution >= 0.6 is 11.6 Å². The molecule has 1 saturated carbocycles. The zero-order chi connectivity index (χ0) is 16.4. The average Bonchev–Trinajstić information content (AvgIpc) is 3.03. The highest BCUT2D eigenvalue weighted by molar-refractivity contribution is 6.30. The molecule has 128 valence electrons. The molecule has 1 aliphatic carbocycles. The van der Waals surface area contributed by atoms with Crippen molar-refractivity contribution in [2.45, 2.75) is 37.9 Å². The van der Waals surface area contributed by atoms with Crippen LogP contribution in [0.4, 0.5) is 13.2 Å². The van der Waals surface area contributed by atoms with Crippen molar-refractivity contribution in [1.82, 2.24) is 10.2 Å². The first-order chi connectivity index (χ1) is 11.0. The predicted octanol–water partition coefficient (Wildman–Crippen LogP) is 4.50. The second-order valence-corrected chi connectivity index (χ2v) is 6.94. The Morgan fingerprint density at radius 3 is 2.39 bits per heavy atom. The van der Waals surface area contributed by atoms with Crippen LogP contribution in [0.15, 0.2) is 18.2 Å². The summed E-state index contributed by atoms with van der Waals surface area (Å²) in [5.74, 6) is 0.301. The van der Waals surface area contributed by atoms with Gasteiger partial charge in [0.1, 0.15) is 0 Å². The minimum Gasteiger partial charge on any atom is -0.314 e. The molecule has 2 nitrogen and oxygen atoms in total. The molecule has 2 fully saturated rings. The van der Waals surface area contributed by atoms with E-state index in [4.69, 9.17) is 11.6 Å². The van der Waals surface area contributed by atoms with Crippen LogP contribution < -0.4 is 5.32 Å². The summed E-state index contributed by atoms with van der Waals surface area (Å²) >= 11 is 5.85. The van der Waals surface area contributed by atoms with Gasteiger partial charge in [-0.25, -0.2) is 0 Å². The molecule has 2 aliphatic rings. The van der Waals surface area contributed by atoms with Crippen molar-refractivity contribution in [2.24, 2.45) is 5.92 Å². The average molecular weight is 347 g/mol. The normalized spacial score (nSPS) is 22.4. The van der Waals surface area contributed by atoms with Crippen molar-refractivity contribution in [1.29, 1.82) is 0 Å². The number of halogens is 4. The van der Waals surface area contributed by atoms with Crippen molar-refractivity contribution in [3.63, 3.8) is 0 Å². The summed E-state index contributed by atoms with van der Waals surface area (Å²) in [6.45, 7) is 3.25. The van der Waals surface area contributed by atoms with Crippen LogP contribution in [0, 0.1) is 5.92 Å². The van der Waals surface area contributed by atoms with Crippen molar-refractivity contribution >= 4 is 11.6 Å². The molecular formula is C17H22ClF3N2. The molecular weight excluding hydrogens is 325 g/mol. The van der Waals surface area contributed by atoms with Gasteiger partial charge in [-0.1, -0.05) is 30.5 Å². The summed E-state index contributed by atoms with van der Waals surface area (Å²) in [5.41, 5.74) is -0.170. The van der Waals surface area contributed by atoms with Gasteiger partial charge in [0.25, 0.3) is 0 Å². The summed E-state index contributed by atoms with van der Waals surface area (Å²) in [6.07, 6.45) is -0.126. The Bertz CT molecular complexity index is 535. The predicted molar refractivity (Wildman–Crippen MR) is 85.6 cm³/mol. The molecule has 0 spiro atoms. The number of hydrogen-bond acceptors (Lipinski definition) is 2. The van der Waals surface area contributed by atoms with E-state index in [1.807, 2.05) is 0 Å². The van der Waals surface area contributed by atoms with Crippen molar-refractivity contribution in [3.8, 4) is 0 Å². The molecule has 1 N–H and O–H groups in total. The van der Waals surface area contributed by atoms with E-state index in [0.717, 1.165) is 57.9 Å². The Kier molecular flexibility index (Phi) is 5.19. The number of hydrogen-bond donors (Lipinski definition) is 1. The molecule has 1 atom stereocenters. The minimum atomic E-state index is -4.37. The molecule has 0 amide bonds. The lowest BCUT2D eigenvalue weighted by molar-refractivity contribution is -0.139. The van der Waals surface area contributed by atoms with Crippen LogP contribution in [0.2, 0.25) is 5.02 Å². The van der Waals surface area contributed by atoms with E-state index in [-0.39, 0.29) is 11.1 Å². The Hall–Kier alpha value is -0.780. The second kappa shape index (κ2) is 6.99. The highest BCUT2D eigenvalue weighted by Crippen LogP contribution is 2.44. The van der Waals surface area contributed by atoms with Gasteiger partial charge in [-0.2, -0.15) is 13.2 Å². The number of piperazine rings is 1. The summed E-state index contributed by atoms with van der Waals surface area (Å²) in [4.78, 5) is 2.23. The Balaban J connectivity index is 2.01. The first-order valence-corrected chi connectivity index (χ1v) is 8.66. The SMILES string of the molecule is FC(F)(F)c1cc(Cl)ccc1[C@H](C1CCCC1)N1CCNCC1. The molecule has 1 aliphatic heterocycles. The van der Waals surface area contributed by atoms with E-state index >= 15 is 0 Å². The third kappa shape index (κ3) is 3.83. The fourth-order valence-corrected chi connectivity index (χ4v) is 4.19. The molecule has 1 heterocycles. The molecule has 23 heavy (non-hydrogen) atoms. The van der Waals surface area contributed by atoms with Gasteiger partial charge in [0.15, 0.2) is 0 Å². The van der Waals surface area contributed by atoms with E-state index in [1.165, 1.54) is 0 Å². The summed E-state index contributed by atoms with van der Waals surface area (Å²) in [7, 11) is 0. The van der Waals surface area contributed by atoms with Crippen molar-refractivity contribution in [2.75, 3.05) is 26.2 Å². The lowest BCUT2D eigenvalue weighted by atomic mass is 9.87. The second-order valence-electron chi connectivity index (χ2n) is 6.50. The lowest BCUT2D eigenvalue weighted by Crippen LogP contribution is -2.47. The third-order valence-corrected chi connectivity index (χ3v) is 5.27. The molecule has 0 unspecified atom stereocenters. The Morgan fingerprint density at radius 1 is 1.13 bits per heavy atom. The summed E-state index contributed by atoms with van der Waals surface area (Å²) in [5, 5.41) is 3.43. The zero-order valence-electron chi connectivity index (χ0n) is 13.0.